The minimum Gasteiger partial charge on any atom is -0.497 e. The smallest absolute Gasteiger partial charge is 0.408 e. The number of ether oxygens (including phenoxy) is 2. The Morgan fingerprint density at radius 1 is 1.06 bits per heavy atom. The topological polar surface area (TPSA) is 84.9 Å². The lowest BCUT2D eigenvalue weighted by molar-refractivity contribution is -0.137. The number of halogens is 1. The second-order valence-corrected chi connectivity index (χ2v) is 8.63. The van der Waals surface area contributed by atoms with E-state index in [1.165, 1.54) is 0 Å². The molecule has 0 aliphatic heterocycles. The van der Waals surface area contributed by atoms with Gasteiger partial charge in [0.25, 0.3) is 0 Å². The molecule has 0 heterocycles. The zero-order valence-electron chi connectivity index (χ0n) is 19.1. The van der Waals surface area contributed by atoms with Crippen LogP contribution in [0.5, 0.6) is 5.75 Å². The van der Waals surface area contributed by atoms with Crippen LogP contribution in [-0.4, -0.2) is 29.9 Å². The van der Waals surface area contributed by atoms with E-state index in [-0.39, 0.29) is 5.56 Å². The van der Waals surface area contributed by atoms with Crippen molar-refractivity contribution in [3.8, 4) is 16.9 Å². The number of aryl methyl sites for hydroxylation is 3. The molecular weight excluding hydrogens is 401 g/mol. The highest BCUT2D eigenvalue weighted by Gasteiger charge is 2.26. The fourth-order valence-electron chi connectivity index (χ4n) is 3.55. The van der Waals surface area contributed by atoms with Gasteiger partial charge in [-0.1, -0.05) is 0 Å². The molecule has 0 aliphatic rings. The van der Waals surface area contributed by atoms with Gasteiger partial charge in [0.2, 0.25) is 0 Å². The van der Waals surface area contributed by atoms with Crippen LogP contribution in [0.1, 0.15) is 55.5 Å². The van der Waals surface area contributed by atoms with E-state index in [1.807, 2.05) is 26.0 Å². The molecule has 0 radical (unpaired) electrons. The van der Waals surface area contributed by atoms with E-state index in [1.54, 1.807) is 46.9 Å². The van der Waals surface area contributed by atoms with Gasteiger partial charge >= 0.3 is 12.1 Å². The second-order valence-electron chi connectivity index (χ2n) is 8.63. The quantitative estimate of drug-likeness (QED) is 0.634. The van der Waals surface area contributed by atoms with Crippen molar-refractivity contribution < 1.29 is 28.6 Å². The third-order valence-electron chi connectivity index (χ3n) is 4.76. The first kappa shape index (κ1) is 24.2. The summed E-state index contributed by atoms with van der Waals surface area (Å²) in [7, 11) is 1.59. The molecule has 31 heavy (non-hydrogen) atoms. The number of alkyl carbamates (subject to hydrolysis) is 1. The molecule has 0 fully saturated rings. The van der Waals surface area contributed by atoms with Crippen LogP contribution < -0.4 is 10.1 Å². The highest BCUT2D eigenvalue weighted by Crippen LogP contribution is 2.35. The standard InChI is InChI=1S/C24H30FNO5/c1-13-9-17(30-7)10-14(2)21(13)16-8-15(3)22(25)18(11-16)19(12-20(27)28)26-23(29)31-24(4,5)6/h8-11,19H,12H2,1-7H3,(H,26,29)(H,27,28)/t19-/m0/s1. The van der Waals surface area contributed by atoms with Gasteiger partial charge < -0.3 is 19.9 Å². The molecule has 0 spiro atoms. The first-order valence-corrected chi connectivity index (χ1v) is 9.99. The molecule has 2 N–H and O–H groups in total. The highest BCUT2D eigenvalue weighted by atomic mass is 19.1. The van der Waals surface area contributed by atoms with Crippen molar-refractivity contribution in [3.63, 3.8) is 0 Å². The minimum absolute atomic E-state index is 0.0953. The summed E-state index contributed by atoms with van der Waals surface area (Å²) in [6.07, 6.45) is -1.29. The lowest BCUT2D eigenvalue weighted by Gasteiger charge is -2.24. The van der Waals surface area contributed by atoms with Crippen LogP contribution in [-0.2, 0) is 9.53 Å². The average Bonchev–Trinajstić information content (AvgIpc) is 2.61. The van der Waals surface area contributed by atoms with Crippen molar-refractivity contribution >= 4 is 12.1 Å². The molecule has 1 atom stereocenters. The number of hydrogen-bond acceptors (Lipinski definition) is 4. The minimum atomic E-state index is -1.17. The van der Waals surface area contributed by atoms with Gasteiger partial charge in [-0.05, 0) is 93.6 Å². The number of hydrogen-bond donors (Lipinski definition) is 2. The van der Waals surface area contributed by atoms with E-state index < -0.39 is 35.9 Å². The summed E-state index contributed by atoms with van der Waals surface area (Å²) in [6, 6.07) is 5.98. The van der Waals surface area contributed by atoms with Gasteiger partial charge in [0.1, 0.15) is 17.2 Å². The molecule has 0 saturated heterocycles. The molecule has 2 rings (SSSR count). The van der Waals surface area contributed by atoms with Crippen molar-refractivity contribution in [2.45, 2.75) is 59.6 Å². The maximum absolute atomic E-state index is 15.1. The molecule has 0 bridgehead atoms. The molecule has 0 aliphatic carbocycles. The molecule has 0 unspecified atom stereocenters. The Hall–Kier alpha value is -3.09. The number of aliphatic carboxylic acids is 1. The number of carbonyl (C=O) groups is 2. The SMILES string of the molecule is COc1cc(C)c(-c2cc(C)c(F)c([C@H](CC(=O)O)NC(=O)OC(C)(C)C)c2)c(C)c1. The van der Waals surface area contributed by atoms with E-state index in [2.05, 4.69) is 5.32 Å². The van der Waals surface area contributed by atoms with Crippen LogP contribution in [0.25, 0.3) is 11.1 Å². The molecular formula is C24H30FNO5. The lowest BCUT2D eigenvalue weighted by atomic mass is 9.90. The second kappa shape index (κ2) is 9.37. The fraction of sp³-hybridized carbons (Fsp3) is 0.417. The molecule has 6 nitrogen and oxygen atoms in total. The van der Waals surface area contributed by atoms with Gasteiger partial charge in [-0.25, -0.2) is 9.18 Å². The third-order valence-corrected chi connectivity index (χ3v) is 4.76. The summed E-state index contributed by atoms with van der Waals surface area (Å²) in [4.78, 5) is 23.7. The van der Waals surface area contributed by atoms with Crippen LogP contribution in [0, 0.1) is 26.6 Å². The average molecular weight is 432 g/mol. The van der Waals surface area contributed by atoms with E-state index in [9.17, 15) is 14.7 Å². The van der Waals surface area contributed by atoms with E-state index >= 15 is 4.39 Å². The normalized spacial score (nSPS) is 12.3. The van der Waals surface area contributed by atoms with E-state index in [0.717, 1.165) is 22.3 Å². The van der Waals surface area contributed by atoms with Crippen LogP contribution in [0.3, 0.4) is 0 Å². The van der Waals surface area contributed by atoms with Crippen molar-refractivity contribution in [1.82, 2.24) is 5.32 Å². The maximum Gasteiger partial charge on any atom is 0.408 e. The van der Waals surface area contributed by atoms with Gasteiger partial charge in [-0.15, -0.1) is 0 Å². The number of carboxylic acid groups (broad SMARTS) is 1. The van der Waals surface area contributed by atoms with Crippen LogP contribution >= 0.6 is 0 Å². The maximum atomic E-state index is 15.1. The zero-order chi connectivity index (χ0) is 23.5. The fourth-order valence-corrected chi connectivity index (χ4v) is 3.55. The molecule has 1 amide bonds. The number of carboxylic acids is 1. The van der Waals surface area contributed by atoms with Crippen molar-refractivity contribution in [2.75, 3.05) is 7.11 Å². The van der Waals surface area contributed by atoms with Gasteiger partial charge in [-0.3, -0.25) is 4.79 Å². The zero-order valence-corrected chi connectivity index (χ0v) is 19.1. The van der Waals surface area contributed by atoms with Crippen LogP contribution in [0.15, 0.2) is 24.3 Å². The number of rotatable bonds is 6. The number of methoxy groups -OCH3 is 1. The number of benzene rings is 2. The first-order chi connectivity index (χ1) is 14.3. The number of nitrogens with one attached hydrogen (secondary N) is 1. The van der Waals surface area contributed by atoms with Gasteiger partial charge in [0, 0.05) is 5.56 Å². The summed E-state index contributed by atoms with van der Waals surface area (Å²) >= 11 is 0. The molecule has 7 heteroatoms. The lowest BCUT2D eigenvalue weighted by Crippen LogP contribution is -2.36. The summed E-state index contributed by atoms with van der Waals surface area (Å²) in [5.74, 6) is -1.01. The van der Waals surface area contributed by atoms with Gasteiger partial charge in [0.15, 0.2) is 0 Å². The number of amides is 1. The first-order valence-electron chi connectivity index (χ1n) is 9.99. The highest BCUT2D eigenvalue weighted by molar-refractivity contribution is 5.75. The molecule has 2 aromatic carbocycles. The summed E-state index contributed by atoms with van der Waals surface area (Å²) in [5.41, 5.74) is 3.17. The molecule has 168 valence electrons. The Balaban J connectivity index is 2.57. The van der Waals surface area contributed by atoms with Gasteiger partial charge in [-0.2, -0.15) is 0 Å². The Kier molecular flexibility index (Phi) is 7.31. The van der Waals surface area contributed by atoms with E-state index in [4.69, 9.17) is 9.47 Å². The Labute approximate surface area is 182 Å². The molecule has 2 aromatic rings. The molecule has 0 aromatic heterocycles. The van der Waals surface area contributed by atoms with Crippen LogP contribution in [0.4, 0.5) is 9.18 Å². The monoisotopic (exact) mass is 431 g/mol. The van der Waals surface area contributed by atoms with Gasteiger partial charge in [0.05, 0.1) is 19.6 Å². The van der Waals surface area contributed by atoms with Crippen molar-refractivity contribution in [3.05, 3.63) is 52.3 Å². The van der Waals surface area contributed by atoms with E-state index in [0.29, 0.717) is 11.3 Å². The van der Waals surface area contributed by atoms with Crippen molar-refractivity contribution in [2.24, 2.45) is 0 Å². The largest absolute Gasteiger partial charge is 0.497 e. The van der Waals surface area contributed by atoms with Crippen LogP contribution in [0.2, 0.25) is 0 Å². The third kappa shape index (κ3) is 6.20. The Morgan fingerprint density at radius 2 is 1.65 bits per heavy atom. The predicted molar refractivity (Wildman–Crippen MR) is 117 cm³/mol. The Morgan fingerprint density at radius 3 is 2.13 bits per heavy atom. The van der Waals surface area contributed by atoms with Crippen molar-refractivity contribution in [1.29, 1.82) is 0 Å². The summed E-state index contributed by atoms with van der Waals surface area (Å²) < 4.78 is 25.7. The Bertz CT molecular complexity index is 971. The predicted octanol–water partition coefficient (Wildman–Crippen LogP) is 5.47. The summed E-state index contributed by atoms with van der Waals surface area (Å²) in [5, 5.41) is 11.9. The number of carbonyl (C=O) groups excluding carboxylic acids is 1. The summed E-state index contributed by atoms with van der Waals surface area (Å²) in [6.45, 7) is 10.5. The molecule has 0 saturated carbocycles.